The van der Waals surface area contributed by atoms with Gasteiger partial charge in [0.2, 0.25) is 0 Å². The summed E-state index contributed by atoms with van der Waals surface area (Å²) < 4.78 is 5.50. The third-order valence-corrected chi connectivity index (χ3v) is 3.59. The molecule has 0 atom stereocenters. The Hall–Kier alpha value is -1.14. The molecule has 0 radical (unpaired) electrons. The molecule has 0 spiro atoms. The number of hydrogen-bond acceptors (Lipinski definition) is 4. The van der Waals surface area contributed by atoms with E-state index in [9.17, 15) is 9.59 Å². The first-order valence-corrected chi connectivity index (χ1v) is 6.43. The summed E-state index contributed by atoms with van der Waals surface area (Å²) in [5.74, 6) is -1.51. The number of carboxylic acids is 1. The van der Waals surface area contributed by atoms with Crippen LogP contribution in [0.2, 0.25) is 0 Å². The zero-order valence-electron chi connectivity index (χ0n) is 9.16. The van der Waals surface area contributed by atoms with Crippen LogP contribution >= 0.6 is 27.3 Å². The fourth-order valence-corrected chi connectivity index (χ4v) is 2.94. The Morgan fingerprint density at radius 2 is 2.24 bits per heavy atom. The highest BCUT2D eigenvalue weighted by atomic mass is 79.9. The molecule has 0 fully saturated rings. The molecule has 92 valence electrons. The van der Waals surface area contributed by atoms with E-state index in [0.29, 0.717) is 8.66 Å². The van der Waals surface area contributed by atoms with Gasteiger partial charge in [0.25, 0.3) is 0 Å². The molecule has 0 amide bonds. The predicted molar refractivity (Wildman–Crippen MR) is 68.5 cm³/mol. The number of hydrogen-bond donors (Lipinski definition) is 1. The van der Waals surface area contributed by atoms with Gasteiger partial charge in [0.15, 0.2) is 0 Å². The van der Waals surface area contributed by atoms with Crippen LogP contribution in [0.4, 0.5) is 0 Å². The van der Waals surface area contributed by atoms with Crippen molar-refractivity contribution < 1.29 is 19.4 Å². The summed E-state index contributed by atoms with van der Waals surface area (Å²) in [6.45, 7) is 5.58. The molecule has 0 bridgehead atoms. The average molecular weight is 319 g/mol. The van der Waals surface area contributed by atoms with Gasteiger partial charge in [-0.15, -0.1) is 11.3 Å². The lowest BCUT2D eigenvalue weighted by molar-refractivity contribution is -0.138. The molecule has 1 aromatic heterocycles. The number of aromatic carboxylic acids is 1. The summed E-state index contributed by atoms with van der Waals surface area (Å²) in [6, 6.07) is 1.51. The van der Waals surface area contributed by atoms with E-state index in [-0.39, 0.29) is 24.2 Å². The van der Waals surface area contributed by atoms with Gasteiger partial charge in [-0.3, -0.25) is 0 Å². The highest BCUT2D eigenvalue weighted by Crippen LogP contribution is 2.29. The maximum absolute atomic E-state index is 11.4. The number of ether oxygens (including phenoxy) is 1. The number of carboxylic acid groups (broad SMARTS) is 1. The lowest BCUT2D eigenvalue weighted by atomic mass is 10.1. The van der Waals surface area contributed by atoms with Gasteiger partial charge in [0.1, 0.15) is 0 Å². The highest BCUT2D eigenvalue weighted by Gasteiger charge is 2.17. The molecule has 0 saturated carbocycles. The third-order valence-electron chi connectivity index (χ3n) is 1.95. The second kappa shape index (κ2) is 5.97. The fraction of sp³-hybridized carbons (Fsp3) is 0.273. The Bertz CT molecular complexity index is 464. The minimum absolute atomic E-state index is 0.187. The van der Waals surface area contributed by atoms with Gasteiger partial charge in [0, 0.05) is 16.9 Å². The standard InChI is InChI=1S/C11H11BrO4S/c1-3-16-11(15)6(2)4-8-7(10(13)14)5-9(12)17-8/h5H,2-4H2,1H3,(H,13,14). The van der Waals surface area contributed by atoms with E-state index in [4.69, 9.17) is 9.84 Å². The van der Waals surface area contributed by atoms with Crippen LogP contribution in [0.15, 0.2) is 22.0 Å². The summed E-state index contributed by atoms with van der Waals surface area (Å²) >= 11 is 4.49. The molecule has 4 nitrogen and oxygen atoms in total. The highest BCUT2D eigenvalue weighted by molar-refractivity contribution is 9.11. The third kappa shape index (κ3) is 3.67. The Morgan fingerprint density at radius 1 is 1.59 bits per heavy atom. The Balaban J connectivity index is 2.84. The van der Waals surface area contributed by atoms with Crippen LogP contribution in [0.25, 0.3) is 0 Å². The van der Waals surface area contributed by atoms with Crippen LogP contribution in [0.3, 0.4) is 0 Å². The zero-order chi connectivity index (χ0) is 13.0. The number of carbonyl (C=O) groups excluding carboxylic acids is 1. The smallest absolute Gasteiger partial charge is 0.336 e. The zero-order valence-corrected chi connectivity index (χ0v) is 11.6. The second-order valence-electron chi connectivity index (χ2n) is 3.19. The maximum atomic E-state index is 11.4. The Morgan fingerprint density at radius 3 is 2.76 bits per heavy atom. The van der Waals surface area contributed by atoms with Crippen molar-refractivity contribution in [3.8, 4) is 0 Å². The van der Waals surface area contributed by atoms with Crippen molar-refractivity contribution in [3.63, 3.8) is 0 Å². The SMILES string of the molecule is C=C(Cc1sc(Br)cc1C(=O)O)C(=O)OCC. The normalized spacial score (nSPS) is 10.0. The van der Waals surface area contributed by atoms with Gasteiger partial charge in [-0.05, 0) is 28.9 Å². The Labute approximate surface area is 111 Å². The first-order chi connectivity index (χ1) is 7.95. The van der Waals surface area contributed by atoms with E-state index in [1.54, 1.807) is 6.92 Å². The molecule has 0 aliphatic heterocycles. The fourth-order valence-electron chi connectivity index (χ4n) is 1.21. The first-order valence-electron chi connectivity index (χ1n) is 4.82. The van der Waals surface area contributed by atoms with Gasteiger partial charge in [-0.1, -0.05) is 6.58 Å². The Kier molecular flexibility index (Phi) is 4.89. The van der Waals surface area contributed by atoms with E-state index in [0.717, 1.165) is 0 Å². The van der Waals surface area contributed by atoms with E-state index in [2.05, 4.69) is 22.5 Å². The molecule has 1 N–H and O–H groups in total. The molecular formula is C11H11BrO4S. The van der Waals surface area contributed by atoms with Crippen molar-refractivity contribution >= 4 is 39.2 Å². The number of esters is 1. The lowest BCUT2D eigenvalue weighted by Crippen LogP contribution is -2.09. The summed E-state index contributed by atoms with van der Waals surface area (Å²) in [7, 11) is 0. The van der Waals surface area contributed by atoms with Gasteiger partial charge in [0.05, 0.1) is 16.0 Å². The predicted octanol–water partition coefficient (Wildman–Crippen LogP) is 2.87. The molecular weight excluding hydrogens is 308 g/mol. The van der Waals surface area contributed by atoms with Crippen molar-refractivity contribution in [3.05, 3.63) is 32.4 Å². The minimum Gasteiger partial charge on any atom is -0.478 e. The number of thiophene rings is 1. The molecule has 0 saturated heterocycles. The summed E-state index contributed by atoms with van der Waals surface area (Å²) in [5, 5.41) is 8.97. The van der Waals surface area contributed by atoms with Crippen molar-refractivity contribution in [2.24, 2.45) is 0 Å². The van der Waals surface area contributed by atoms with Crippen LogP contribution in [-0.4, -0.2) is 23.7 Å². The van der Waals surface area contributed by atoms with Gasteiger partial charge < -0.3 is 9.84 Å². The molecule has 6 heteroatoms. The van der Waals surface area contributed by atoms with E-state index >= 15 is 0 Å². The minimum atomic E-state index is -1.02. The molecule has 1 rings (SSSR count). The molecule has 1 aromatic rings. The number of halogens is 1. The lowest BCUT2D eigenvalue weighted by Gasteiger charge is -2.04. The quantitative estimate of drug-likeness (QED) is 0.669. The van der Waals surface area contributed by atoms with Gasteiger partial charge in [-0.25, -0.2) is 9.59 Å². The number of rotatable bonds is 5. The van der Waals surface area contributed by atoms with Crippen molar-refractivity contribution in [2.75, 3.05) is 6.61 Å². The molecule has 0 unspecified atom stereocenters. The summed E-state index contributed by atoms with van der Waals surface area (Å²) in [5.41, 5.74) is 0.441. The van der Waals surface area contributed by atoms with Crippen LogP contribution in [-0.2, 0) is 16.0 Å². The van der Waals surface area contributed by atoms with Gasteiger partial charge in [-0.2, -0.15) is 0 Å². The van der Waals surface area contributed by atoms with Crippen molar-refractivity contribution in [2.45, 2.75) is 13.3 Å². The van der Waals surface area contributed by atoms with Gasteiger partial charge >= 0.3 is 11.9 Å². The van der Waals surface area contributed by atoms with Crippen molar-refractivity contribution in [1.82, 2.24) is 0 Å². The van der Waals surface area contributed by atoms with Crippen LogP contribution < -0.4 is 0 Å². The topological polar surface area (TPSA) is 63.6 Å². The van der Waals surface area contributed by atoms with E-state index in [1.165, 1.54) is 17.4 Å². The molecule has 1 heterocycles. The maximum Gasteiger partial charge on any atom is 0.336 e. The summed E-state index contributed by atoms with van der Waals surface area (Å²) in [4.78, 5) is 22.9. The number of carbonyl (C=O) groups is 2. The van der Waals surface area contributed by atoms with Crippen LogP contribution in [0.1, 0.15) is 22.2 Å². The van der Waals surface area contributed by atoms with Crippen molar-refractivity contribution in [1.29, 1.82) is 0 Å². The van der Waals surface area contributed by atoms with E-state index in [1.807, 2.05) is 0 Å². The molecule has 17 heavy (non-hydrogen) atoms. The largest absolute Gasteiger partial charge is 0.478 e. The second-order valence-corrected chi connectivity index (χ2v) is 5.71. The van der Waals surface area contributed by atoms with Crippen LogP contribution in [0.5, 0.6) is 0 Å². The van der Waals surface area contributed by atoms with E-state index < -0.39 is 11.9 Å². The molecule has 0 aromatic carbocycles. The molecule has 0 aliphatic carbocycles. The average Bonchev–Trinajstić information content (AvgIpc) is 2.60. The van der Waals surface area contributed by atoms with Crippen LogP contribution in [0, 0.1) is 0 Å². The monoisotopic (exact) mass is 318 g/mol. The summed E-state index contributed by atoms with van der Waals surface area (Å²) in [6.07, 6.45) is 0.191. The first kappa shape index (κ1) is 13.9. The molecule has 0 aliphatic rings.